The van der Waals surface area contributed by atoms with Gasteiger partial charge in [-0.15, -0.1) is 0 Å². The molecule has 0 saturated heterocycles. The smallest absolute Gasteiger partial charge is 0.237 e. The molecule has 1 unspecified atom stereocenters. The van der Waals surface area contributed by atoms with Gasteiger partial charge in [0.2, 0.25) is 5.91 Å². The van der Waals surface area contributed by atoms with Crippen LogP contribution in [0.15, 0.2) is 41.0 Å². The van der Waals surface area contributed by atoms with Gasteiger partial charge in [-0.1, -0.05) is 13.0 Å². The number of methoxy groups -OCH3 is 1. The highest BCUT2D eigenvalue weighted by Crippen LogP contribution is 2.28. The molecule has 2 rings (SSSR count). The van der Waals surface area contributed by atoms with E-state index >= 15 is 0 Å². The highest BCUT2D eigenvalue weighted by Gasteiger charge is 2.13. The van der Waals surface area contributed by atoms with Gasteiger partial charge in [0, 0.05) is 6.54 Å². The molecule has 0 aliphatic heterocycles. The van der Waals surface area contributed by atoms with Crippen molar-refractivity contribution in [3.05, 3.63) is 47.9 Å². The van der Waals surface area contributed by atoms with Crippen molar-refractivity contribution in [3.8, 4) is 11.5 Å². The molecule has 0 bridgehead atoms. The van der Waals surface area contributed by atoms with Gasteiger partial charge in [-0.3, -0.25) is 4.79 Å². The first-order valence-corrected chi connectivity index (χ1v) is 8.47. The van der Waals surface area contributed by atoms with Crippen molar-refractivity contribution >= 4 is 5.91 Å². The maximum atomic E-state index is 12.1. The normalized spacial score (nSPS) is 11.8. The Balaban J connectivity index is 1.83. The molecule has 0 fully saturated rings. The summed E-state index contributed by atoms with van der Waals surface area (Å²) in [6.07, 6.45) is 2.53. The second-order valence-corrected chi connectivity index (χ2v) is 5.73. The van der Waals surface area contributed by atoms with E-state index in [-0.39, 0.29) is 11.9 Å². The Labute approximate surface area is 148 Å². The summed E-state index contributed by atoms with van der Waals surface area (Å²) < 4.78 is 16.2. The molecule has 0 radical (unpaired) electrons. The van der Waals surface area contributed by atoms with E-state index in [4.69, 9.17) is 13.9 Å². The molecule has 1 amide bonds. The lowest BCUT2D eigenvalue weighted by Crippen LogP contribution is -2.41. The molecule has 6 heteroatoms. The zero-order valence-corrected chi connectivity index (χ0v) is 15.0. The fourth-order valence-corrected chi connectivity index (χ4v) is 2.26. The third-order valence-electron chi connectivity index (χ3n) is 3.71. The van der Waals surface area contributed by atoms with E-state index in [9.17, 15) is 4.79 Å². The molecule has 1 atom stereocenters. The molecule has 1 aromatic heterocycles. The first-order valence-electron chi connectivity index (χ1n) is 8.47. The Bertz CT molecular complexity index is 655. The van der Waals surface area contributed by atoms with Crippen LogP contribution in [0, 0.1) is 0 Å². The summed E-state index contributed by atoms with van der Waals surface area (Å²) in [7, 11) is 1.62. The second-order valence-electron chi connectivity index (χ2n) is 5.73. The number of amides is 1. The largest absolute Gasteiger partial charge is 0.493 e. The SMILES string of the molecule is CCCOc1ccc(CNC(C)C(=O)NCc2ccco2)cc1OC. The zero-order chi connectivity index (χ0) is 18.1. The standard InChI is InChI=1S/C19H26N2O4/c1-4-9-25-17-8-7-15(11-18(17)23-3)12-20-14(2)19(22)21-13-16-6-5-10-24-16/h5-8,10-11,14,20H,4,9,12-13H2,1-3H3,(H,21,22). The molecule has 1 heterocycles. The number of benzene rings is 1. The van der Waals surface area contributed by atoms with Gasteiger partial charge >= 0.3 is 0 Å². The molecule has 1 aromatic carbocycles. The highest BCUT2D eigenvalue weighted by molar-refractivity contribution is 5.81. The van der Waals surface area contributed by atoms with Crippen LogP contribution in [0.3, 0.4) is 0 Å². The van der Waals surface area contributed by atoms with Crippen molar-refractivity contribution in [1.82, 2.24) is 10.6 Å². The minimum absolute atomic E-state index is 0.0775. The number of furan rings is 1. The van der Waals surface area contributed by atoms with Gasteiger partial charge in [-0.25, -0.2) is 0 Å². The molecule has 2 aromatic rings. The Kier molecular flexibility index (Phi) is 7.35. The molecule has 0 spiro atoms. The second kappa shape index (κ2) is 9.74. The first kappa shape index (κ1) is 18.9. The summed E-state index contributed by atoms with van der Waals surface area (Å²) >= 11 is 0. The summed E-state index contributed by atoms with van der Waals surface area (Å²) in [6, 6.07) is 9.08. The van der Waals surface area contributed by atoms with Crippen LogP contribution in [0.5, 0.6) is 11.5 Å². The third kappa shape index (κ3) is 5.83. The summed E-state index contributed by atoms with van der Waals surface area (Å²) in [5, 5.41) is 6.04. The van der Waals surface area contributed by atoms with Crippen LogP contribution in [0.4, 0.5) is 0 Å². The predicted octanol–water partition coefficient (Wildman–Crippen LogP) is 2.87. The number of carbonyl (C=O) groups excluding carboxylic acids is 1. The summed E-state index contributed by atoms with van der Waals surface area (Å²) in [5.74, 6) is 2.08. The Hall–Kier alpha value is -2.47. The summed E-state index contributed by atoms with van der Waals surface area (Å²) in [4.78, 5) is 12.1. The van der Waals surface area contributed by atoms with Crippen LogP contribution in [0.25, 0.3) is 0 Å². The Morgan fingerprint density at radius 1 is 1.24 bits per heavy atom. The minimum Gasteiger partial charge on any atom is -0.493 e. The third-order valence-corrected chi connectivity index (χ3v) is 3.71. The average molecular weight is 346 g/mol. The number of rotatable bonds is 10. The van der Waals surface area contributed by atoms with Crippen molar-refractivity contribution in [2.24, 2.45) is 0 Å². The maximum absolute atomic E-state index is 12.1. The van der Waals surface area contributed by atoms with Gasteiger partial charge in [0.25, 0.3) is 0 Å². The first-order chi connectivity index (χ1) is 12.1. The van der Waals surface area contributed by atoms with E-state index < -0.39 is 0 Å². The van der Waals surface area contributed by atoms with Crippen molar-refractivity contribution in [2.45, 2.75) is 39.4 Å². The molecule has 25 heavy (non-hydrogen) atoms. The number of carbonyl (C=O) groups is 1. The van der Waals surface area contributed by atoms with Crippen molar-refractivity contribution in [2.75, 3.05) is 13.7 Å². The van der Waals surface area contributed by atoms with Crippen LogP contribution in [0.2, 0.25) is 0 Å². The topological polar surface area (TPSA) is 72.7 Å². The van der Waals surface area contributed by atoms with E-state index in [2.05, 4.69) is 17.6 Å². The number of nitrogens with one attached hydrogen (secondary N) is 2. The molecule has 0 saturated carbocycles. The predicted molar refractivity (Wildman–Crippen MR) is 95.6 cm³/mol. The Morgan fingerprint density at radius 2 is 2.08 bits per heavy atom. The van der Waals surface area contributed by atoms with Crippen molar-refractivity contribution in [3.63, 3.8) is 0 Å². The summed E-state index contributed by atoms with van der Waals surface area (Å²) in [6.45, 7) is 5.48. The number of hydrogen-bond acceptors (Lipinski definition) is 5. The fraction of sp³-hybridized carbons (Fsp3) is 0.421. The van der Waals surface area contributed by atoms with E-state index in [0.29, 0.717) is 25.4 Å². The van der Waals surface area contributed by atoms with E-state index in [1.54, 1.807) is 19.4 Å². The van der Waals surface area contributed by atoms with Crippen LogP contribution in [0.1, 0.15) is 31.6 Å². The van der Waals surface area contributed by atoms with Gasteiger partial charge < -0.3 is 24.5 Å². The average Bonchev–Trinajstić information content (AvgIpc) is 3.16. The molecular weight excluding hydrogens is 320 g/mol. The van der Waals surface area contributed by atoms with Gasteiger partial charge in [0.05, 0.1) is 32.6 Å². The maximum Gasteiger partial charge on any atom is 0.237 e. The fourth-order valence-electron chi connectivity index (χ4n) is 2.26. The van der Waals surface area contributed by atoms with E-state index in [1.807, 2.05) is 31.2 Å². The highest BCUT2D eigenvalue weighted by atomic mass is 16.5. The lowest BCUT2D eigenvalue weighted by Gasteiger charge is -2.15. The van der Waals surface area contributed by atoms with Crippen LogP contribution in [-0.2, 0) is 17.9 Å². The van der Waals surface area contributed by atoms with Crippen molar-refractivity contribution < 1.29 is 18.7 Å². The van der Waals surface area contributed by atoms with Gasteiger partial charge in [-0.2, -0.15) is 0 Å². The van der Waals surface area contributed by atoms with E-state index in [1.165, 1.54) is 0 Å². The molecule has 0 aliphatic carbocycles. The van der Waals surface area contributed by atoms with Crippen LogP contribution >= 0.6 is 0 Å². The minimum atomic E-state index is -0.322. The lowest BCUT2D eigenvalue weighted by atomic mass is 10.2. The molecule has 6 nitrogen and oxygen atoms in total. The number of ether oxygens (including phenoxy) is 2. The molecule has 2 N–H and O–H groups in total. The van der Waals surface area contributed by atoms with Gasteiger partial charge in [0.1, 0.15) is 5.76 Å². The Morgan fingerprint density at radius 3 is 2.76 bits per heavy atom. The lowest BCUT2D eigenvalue weighted by molar-refractivity contribution is -0.123. The molecule has 0 aliphatic rings. The van der Waals surface area contributed by atoms with Gasteiger partial charge in [0.15, 0.2) is 11.5 Å². The van der Waals surface area contributed by atoms with Crippen LogP contribution < -0.4 is 20.1 Å². The van der Waals surface area contributed by atoms with Gasteiger partial charge in [-0.05, 0) is 43.2 Å². The quantitative estimate of drug-likeness (QED) is 0.692. The molecule has 136 valence electrons. The monoisotopic (exact) mass is 346 g/mol. The van der Waals surface area contributed by atoms with Crippen LogP contribution in [-0.4, -0.2) is 25.7 Å². The zero-order valence-electron chi connectivity index (χ0n) is 15.0. The summed E-state index contributed by atoms with van der Waals surface area (Å²) in [5.41, 5.74) is 1.02. The molecular formula is C19H26N2O4. The number of hydrogen-bond donors (Lipinski definition) is 2. The van der Waals surface area contributed by atoms with Crippen molar-refractivity contribution in [1.29, 1.82) is 0 Å². The van der Waals surface area contributed by atoms with E-state index in [0.717, 1.165) is 23.5 Å².